The normalized spacial score (nSPS) is 15.5. The lowest BCUT2D eigenvalue weighted by Crippen LogP contribution is -2.55. The smallest absolute Gasteiger partial charge is 0.243 e. The SMILES string of the molecule is CC(C)CN(C[C@@H](O)[C@H](Cc1ccccc1)NC(=O)[C@@H](N)CS(C)(=O)=O)S(=O)(=O)c1ccc2c(c1)OCO2.Cl. The van der Waals surface area contributed by atoms with Crippen molar-refractivity contribution in [2.24, 2.45) is 11.7 Å². The molecule has 0 aliphatic carbocycles. The van der Waals surface area contributed by atoms with E-state index in [1.165, 1.54) is 22.5 Å². The molecule has 2 aromatic rings. The van der Waals surface area contributed by atoms with Crippen molar-refractivity contribution in [1.29, 1.82) is 0 Å². The fraction of sp³-hybridized carbons (Fsp3) is 0.480. The van der Waals surface area contributed by atoms with Gasteiger partial charge in [-0.05, 0) is 30.0 Å². The van der Waals surface area contributed by atoms with Crippen molar-refractivity contribution in [3.05, 3.63) is 54.1 Å². The molecule has 39 heavy (non-hydrogen) atoms. The number of aliphatic hydroxyl groups excluding tert-OH is 1. The van der Waals surface area contributed by atoms with Gasteiger partial charge in [-0.2, -0.15) is 4.31 Å². The number of amides is 1. The molecule has 1 amide bonds. The van der Waals surface area contributed by atoms with Crippen LogP contribution in [0.4, 0.5) is 0 Å². The number of sulfonamides is 1. The quantitative estimate of drug-likeness (QED) is 0.301. The van der Waals surface area contributed by atoms with E-state index in [9.17, 15) is 26.7 Å². The zero-order chi connectivity index (χ0) is 28.1. The third-order valence-electron chi connectivity index (χ3n) is 5.85. The van der Waals surface area contributed by atoms with Gasteiger partial charge in [-0.15, -0.1) is 12.4 Å². The monoisotopic (exact) mass is 605 g/mol. The summed E-state index contributed by atoms with van der Waals surface area (Å²) in [5, 5.41) is 13.9. The Morgan fingerprint density at radius 1 is 1.05 bits per heavy atom. The molecule has 0 bridgehead atoms. The fourth-order valence-corrected chi connectivity index (χ4v) is 6.48. The summed E-state index contributed by atoms with van der Waals surface area (Å²) in [5.74, 6) is -0.647. The van der Waals surface area contributed by atoms with Crippen LogP contribution in [-0.2, 0) is 31.1 Å². The molecule has 3 atom stereocenters. The number of nitrogens with one attached hydrogen (secondary N) is 1. The molecule has 0 unspecified atom stereocenters. The van der Waals surface area contributed by atoms with Crippen LogP contribution in [0.1, 0.15) is 19.4 Å². The van der Waals surface area contributed by atoms with E-state index in [1.807, 2.05) is 19.9 Å². The number of ether oxygens (including phenoxy) is 2. The zero-order valence-electron chi connectivity index (χ0n) is 22.0. The number of hydrogen-bond donors (Lipinski definition) is 3. The molecule has 14 heteroatoms. The Morgan fingerprint density at radius 2 is 1.69 bits per heavy atom. The maximum absolute atomic E-state index is 13.6. The summed E-state index contributed by atoms with van der Waals surface area (Å²) in [6.07, 6.45) is -0.202. The van der Waals surface area contributed by atoms with Crippen LogP contribution in [0.15, 0.2) is 53.4 Å². The molecule has 218 valence electrons. The predicted molar refractivity (Wildman–Crippen MR) is 149 cm³/mol. The number of nitrogens with zero attached hydrogens (tertiary/aromatic N) is 1. The topological polar surface area (TPSA) is 165 Å². The molecule has 0 radical (unpaired) electrons. The fourth-order valence-electron chi connectivity index (χ4n) is 4.04. The number of rotatable bonds is 13. The molecule has 3 rings (SSSR count). The molecular weight excluding hydrogens is 570 g/mol. The second-order valence-electron chi connectivity index (χ2n) is 9.80. The van der Waals surface area contributed by atoms with Crippen LogP contribution >= 0.6 is 12.4 Å². The molecule has 0 saturated carbocycles. The summed E-state index contributed by atoms with van der Waals surface area (Å²) < 4.78 is 62.2. The first kappa shape index (κ1) is 32.8. The standard InChI is InChI=1S/C25H35N3O8S2.ClH/c1-17(2)13-28(38(33,34)19-9-10-23-24(12-19)36-16-35-23)14-22(29)21(11-18-7-5-4-6-8-18)27-25(30)20(26)15-37(3,31)32;/h4-10,12,17,20-22,29H,11,13-16,26H2,1-3H3,(H,27,30);1H/t20-,21-,22+;/m0./s1. The van der Waals surface area contributed by atoms with Crippen LogP contribution in [0.3, 0.4) is 0 Å². The number of carbonyl (C=O) groups excluding carboxylic acids is 1. The minimum absolute atomic E-state index is 0. The molecule has 0 fully saturated rings. The summed E-state index contributed by atoms with van der Waals surface area (Å²) >= 11 is 0. The Kier molecular flexibility index (Phi) is 11.6. The van der Waals surface area contributed by atoms with Gasteiger partial charge in [0.2, 0.25) is 22.7 Å². The number of halogens is 1. The number of sulfone groups is 1. The molecule has 1 heterocycles. The van der Waals surface area contributed by atoms with Gasteiger partial charge in [0.25, 0.3) is 0 Å². The van der Waals surface area contributed by atoms with Crippen LogP contribution in [-0.4, -0.2) is 82.2 Å². The lowest BCUT2D eigenvalue weighted by atomic mass is 10.0. The Labute approximate surface area is 236 Å². The number of benzene rings is 2. The average molecular weight is 606 g/mol. The highest BCUT2D eigenvalue weighted by molar-refractivity contribution is 7.90. The second-order valence-corrected chi connectivity index (χ2v) is 13.9. The zero-order valence-corrected chi connectivity index (χ0v) is 24.5. The van der Waals surface area contributed by atoms with Crippen molar-refractivity contribution in [1.82, 2.24) is 9.62 Å². The number of aliphatic hydroxyl groups is 1. The van der Waals surface area contributed by atoms with E-state index in [-0.39, 0.29) is 49.5 Å². The molecule has 0 aromatic heterocycles. The third kappa shape index (κ3) is 9.33. The van der Waals surface area contributed by atoms with Crippen molar-refractivity contribution < 1.29 is 36.2 Å². The van der Waals surface area contributed by atoms with E-state index in [0.29, 0.717) is 11.5 Å². The summed E-state index contributed by atoms with van der Waals surface area (Å²) in [7, 11) is -7.59. The van der Waals surface area contributed by atoms with Crippen molar-refractivity contribution in [3.63, 3.8) is 0 Å². The van der Waals surface area contributed by atoms with E-state index >= 15 is 0 Å². The number of hydrogen-bond acceptors (Lipinski definition) is 9. The third-order valence-corrected chi connectivity index (χ3v) is 8.64. The maximum atomic E-state index is 13.6. The van der Waals surface area contributed by atoms with Crippen LogP contribution in [0.25, 0.3) is 0 Å². The molecule has 0 spiro atoms. The Bertz CT molecular complexity index is 1320. The van der Waals surface area contributed by atoms with Gasteiger partial charge in [0.05, 0.1) is 28.8 Å². The Balaban J connectivity index is 0.00000533. The van der Waals surface area contributed by atoms with Gasteiger partial charge in [-0.1, -0.05) is 44.2 Å². The van der Waals surface area contributed by atoms with E-state index in [0.717, 1.165) is 11.8 Å². The lowest BCUT2D eigenvalue weighted by Gasteiger charge is -2.31. The van der Waals surface area contributed by atoms with Crippen molar-refractivity contribution >= 4 is 38.2 Å². The first-order chi connectivity index (χ1) is 17.8. The van der Waals surface area contributed by atoms with Crippen LogP contribution in [0.2, 0.25) is 0 Å². The van der Waals surface area contributed by atoms with Crippen molar-refractivity contribution in [3.8, 4) is 11.5 Å². The minimum atomic E-state index is -4.07. The molecule has 11 nitrogen and oxygen atoms in total. The molecule has 0 saturated heterocycles. The predicted octanol–water partition coefficient (Wildman–Crippen LogP) is 0.944. The van der Waals surface area contributed by atoms with Gasteiger partial charge in [0, 0.05) is 25.4 Å². The molecule has 1 aliphatic heterocycles. The van der Waals surface area contributed by atoms with Crippen molar-refractivity contribution in [2.45, 2.75) is 43.4 Å². The first-order valence-electron chi connectivity index (χ1n) is 12.1. The van der Waals surface area contributed by atoms with Gasteiger partial charge in [-0.3, -0.25) is 4.79 Å². The second kappa shape index (κ2) is 13.8. The number of carbonyl (C=O) groups is 1. The molecule has 4 N–H and O–H groups in total. The lowest BCUT2D eigenvalue weighted by molar-refractivity contribution is -0.123. The van der Waals surface area contributed by atoms with Gasteiger partial charge < -0.3 is 25.6 Å². The minimum Gasteiger partial charge on any atom is -0.454 e. The number of nitrogens with two attached hydrogens (primary N) is 1. The summed E-state index contributed by atoms with van der Waals surface area (Å²) in [6, 6.07) is 11.0. The molecule has 1 aliphatic rings. The van der Waals surface area contributed by atoms with Gasteiger partial charge in [0.1, 0.15) is 9.84 Å². The van der Waals surface area contributed by atoms with Crippen LogP contribution < -0.4 is 20.5 Å². The van der Waals surface area contributed by atoms with E-state index in [2.05, 4.69) is 5.32 Å². The maximum Gasteiger partial charge on any atom is 0.243 e. The summed E-state index contributed by atoms with van der Waals surface area (Å²) in [5.41, 5.74) is 6.58. The van der Waals surface area contributed by atoms with E-state index < -0.39 is 49.7 Å². The average Bonchev–Trinajstić information content (AvgIpc) is 3.30. The largest absolute Gasteiger partial charge is 0.454 e. The molecule has 2 aromatic carbocycles. The Morgan fingerprint density at radius 3 is 2.31 bits per heavy atom. The summed E-state index contributed by atoms with van der Waals surface area (Å²) in [6.45, 7) is 3.47. The van der Waals surface area contributed by atoms with Crippen molar-refractivity contribution in [2.75, 3.05) is 31.9 Å². The number of fused-ring (bicyclic) bond motifs is 1. The van der Waals surface area contributed by atoms with E-state index in [4.69, 9.17) is 15.2 Å². The highest BCUT2D eigenvalue weighted by atomic mass is 35.5. The highest BCUT2D eigenvalue weighted by Gasteiger charge is 2.33. The Hall–Kier alpha value is -2.42. The van der Waals surface area contributed by atoms with Gasteiger partial charge >= 0.3 is 0 Å². The van der Waals surface area contributed by atoms with E-state index in [1.54, 1.807) is 24.3 Å². The van der Waals surface area contributed by atoms with Gasteiger partial charge in [0.15, 0.2) is 11.5 Å². The molecular formula is C25H36ClN3O8S2. The van der Waals surface area contributed by atoms with Crippen LogP contribution in [0.5, 0.6) is 11.5 Å². The highest BCUT2D eigenvalue weighted by Crippen LogP contribution is 2.34. The van der Waals surface area contributed by atoms with Crippen LogP contribution in [0, 0.1) is 5.92 Å². The summed E-state index contributed by atoms with van der Waals surface area (Å²) in [4.78, 5) is 12.7. The van der Waals surface area contributed by atoms with Gasteiger partial charge in [-0.25, -0.2) is 16.8 Å². The first-order valence-corrected chi connectivity index (χ1v) is 15.6.